The normalized spacial score (nSPS) is 18.8. The number of carbonyl (C=O) groups excluding carboxylic acids is 1. The Bertz CT molecular complexity index is 762. The predicted octanol–water partition coefficient (Wildman–Crippen LogP) is 2.44. The monoisotopic (exact) mass is 342 g/mol. The van der Waals surface area contributed by atoms with Crippen LogP contribution in [0.2, 0.25) is 0 Å². The topological polar surface area (TPSA) is 69.8 Å². The van der Waals surface area contributed by atoms with Gasteiger partial charge in [-0.1, -0.05) is 25.0 Å². The number of hydrogen-bond donors (Lipinski definition) is 3. The minimum atomic E-state index is -0.225. The zero-order valence-corrected chi connectivity index (χ0v) is 14.2. The Hall–Kier alpha value is -2.21. The summed E-state index contributed by atoms with van der Waals surface area (Å²) < 4.78 is 13.3. The van der Waals surface area contributed by atoms with Crippen molar-refractivity contribution in [2.24, 2.45) is 0 Å². The molecular formula is C19H23FN4O. The van der Waals surface area contributed by atoms with E-state index in [0.29, 0.717) is 18.8 Å². The number of aromatic nitrogens is 2. The van der Waals surface area contributed by atoms with Crippen molar-refractivity contribution < 1.29 is 9.18 Å². The maximum atomic E-state index is 13.3. The van der Waals surface area contributed by atoms with Gasteiger partial charge in [0.1, 0.15) is 5.82 Å². The van der Waals surface area contributed by atoms with Crippen molar-refractivity contribution in [3.63, 3.8) is 0 Å². The second-order valence-corrected chi connectivity index (χ2v) is 7.13. The second-order valence-electron chi connectivity index (χ2n) is 7.13. The molecule has 1 aliphatic heterocycles. The van der Waals surface area contributed by atoms with E-state index in [1.165, 1.54) is 12.1 Å². The zero-order chi connectivity index (χ0) is 17.3. The molecule has 1 aliphatic carbocycles. The first-order valence-electron chi connectivity index (χ1n) is 8.99. The predicted molar refractivity (Wildman–Crippen MR) is 92.9 cm³/mol. The molecule has 0 spiro atoms. The van der Waals surface area contributed by atoms with Gasteiger partial charge >= 0.3 is 0 Å². The quantitative estimate of drug-likeness (QED) is 0.799. The SMILES string of the molecule is O=C(NCC1(c2ccc(F)cc2)CCCC1)c1n[nH]c2c1CNCC2. The third kappa shape index (κ3) is 3.06. The lowest BCUT2D eigenvalue weighted by atomic mass is 9.78. The van der Waals surface area contributed by atoms with Gasteiger partial charge in [-0.2, -0.15) is 5.10 Å². The third-order valence-corrected chi connectivity index (χ3v) is 5.63. The zero-order valence-electron chi connectivity index (χ0n) is 14.2. The van der Waals surface area contributed by atoms with Crippen LogP contribution in [0.25, 0.3) is 0 Å². The van der Waals surface area contributed by atoms with Gasteiger partial charge in [0.2, 0.25) is 0 Å². The molecule has 0 radical (unpaired) electrons. The number of nitrogens with one attached hydrogen (secondary N) is 3. The average Bonchev–Trinajstić information content (AvgIpc) is 3.28. The summed E-state index contributed by atoms with van der Waals surface area (Å²) in [5, 5.41) is 13.6. The standard InChI is InChI=1S/C19H23FN4O/c20-14-5-3-13(4-6-14)19(8-1-2-9-19)12-22-18(25)17-15-11-21-10-7-16(15)23-24-17/h3-6,21H,1-2,7-12H2,(H,22,25)(H,23,24). The van der Waals surface area contributed by atoms with Crippen LogP contribution in [0, 0.1) is 5.82 Å². The van der Waals surface area contributed by atoms with E-state index in [-0.39, 0.29) is 17.1 Å². The van der Waals surface area contributed by atoms with Crippen LogP contribution in [0.1, 0.15) is 53.0 Å². The molecule has 1 aromatic carbocycles. The number of benzene rings is 1. The summed E-state index contributed by atoms with van der Waals surface area (Å²) in [6.45, 7) is 2.15. The fraction of sp³-hybridized carbons (Fsp3) is 0.474. The van der Waals surface area contributed by atoms with Crippen molar-refractivity contribution in [3.8, 4) is 0 Å². The highest BCUT2D eigenvalue weighted by Gasteiger charge is 2.36. The number of rotatable bonds is 4. The number of carbonyl (C=O) groups is 1. The number of nitrogens with zero attached hydrogens (tertiary/aromatic N) is 1. The van der Waals surface area contributed by atoms with E-state index in [4.69, 9.17) is 0 Å². The number of aromatic amines is 1. The van der Waals surface area contributed by atoms with Crippen molar-refractivity contribution in [1.82, 2.24) is 20.8 Å². The lowest BCUT2D eigenvalue weighted by molar-refractivity contribution is 0.0937. The molecular weight excluding hydrogens is 319 g/mol. The number of halogens is 1. The number of fused-ring (bicyclic) bond motifs is 1. The van der Waals surface area contributed by atoms with Crippen LogP contribution in [-0.2, 0) is 18.4 Å². The molecule has 0 unspecified atom stereocenters. The van der Waals surface area contributed by atoms with Crippen molar-refractivity contribution in [2.45, 2.75) is 44.1 Å². The lowest BCUT2D eigenvalue weighted by Gasteiger charge is -2.30. The average molecular weight is 342 g/mol. The highest BCUT2D eigenvalue weighted by atomic mass is 19.1. The van der Waals surface area contributed by atoms with Crippen LogP contribution in [0.15, 0.2) is 24.3 Å². The molecule has 0 bridgehead atoms. The molecule has 2 heterocycles. The van der Waals surface area contributed by atoms with Gasteiger partial charge < -0.3 is 10.6 Å². The molecule has 4 rings (SSSR count). The van der Waals surface area contributed by atoms with E-state index in [1.54, 1.807) is 0 Å². The molecule has 3 N–H and O–H groups in total. The molecule has 5 nitrogen and oxygen atoms in total. The Morgan fingerprint density at radius 2 is 2.00 bits per heavy atom. The minimum absolute atomic E-state index is 0.0992. The molecule has 6 heteroatoms. The van der Waals surface area contributed by atoms with Gasteiger partial charge in [-0.3, -0.25) is 9.89 Å². The smallest absolute Gasteiger partial charge is 0.272 e. The summed E-state index contributed by atoms with van der Waals surface area (Å²) >= 11 is 0. The van der Waals surface area contributed by atoms with Gasteiger partial charge in [-0.15, -0.1) is 0 Å². The Morgan fingerprint density at radius 1 is 1.24 bits per heavy atom. The summed E-state index contributed by atoms with van der Waals surface area (Å²) in [6, 6.07) is 6.72. The highest BCUT2D eigenvalue weighted by Crippen LogP contribution is 2.40. The van der Waals surface area contributed by atoms with Crippen LogP contribution in [0.5, 0.6) is 0 Å². The van der Waals surface area contributed by atoms with Crippen LogP contribution < -0.4 is 10.6 Å². The minimum Gasteiger partial charge on any atom is -0.350 e. The van der Waals surface area contributed by atoms with Crippen molar-refractivity contribution in [3.05, 3.63) is 52.6 Å². The third-order valence-electron chi connectivity index (χ3n) is 5.63. The second kappa shape index (κ2) is 6.59. The van der Waals surface area contributed by atoms with Gasteiger partial charge in [-0.05, 0) is 30.5 Å². The molecule has 25 heavy (non-hydrogen) atoms. The molecule has 0 atom stereocenters. The maximum Gasteiger partial charge on any atom is 0.272 e. The van der Waals surface area contributed by atoms with Crippen molar-refractivity contribution >= 4 is 5.91 Å². The van der Waals surface area contributed by atoms with Crippen LogP contribution in [-0.4, -0.2) is 29.2 Å². The van der Waals surface area contributed by atoms with Crippen molar-refractivity contribution in [2.75, 3.05) is 13.1 Å². The van der Waals surface area contributed by atoms with Gasteiger partial charge in [0.25, 0.3) is 5.91 Å². The van der Waals surface area contributed by atoms with E-state index in [1.807, 2.05) is 12.1 Å². The Balaban J connectivity index is 1.51. The summed E-state index contributed by atoms with van der Waals surface area (Å²) in [5.41, 5.74) is 3.54. The van der Waals surface area contributed by atoms with E-state index < -0.39 is 0 Å². The number of amides is 1. The van der Waals surface area contributed by atoms with E-state index in [0.717, 1.165) is 55.5 Å². The lowest BCUT2D eigenvalue weighted by Crippen LogP contribution is -2.39. The molecule has 1 amide bonds. The van der Waals surface area contributed by atoms with Crippen LogP contribution >= 0.6 is 0 Å². The largest absolute Gasteiger partial charge is 0.350 e. The van der Waals surface area contributed by atoms with E-state index >= 15 is 0 Å². The van der Waals surface area contributed by atoms with Gasteiger partial charge in [0.15, 0.2) is 5.69 Å². The van der Waals surface area contributed by atoms with Gasteiger partial charge in [0, 0.05) is 42.7 Å². The molecule has 132 valence electrons. The van der Waals surface area contributed by atoms with E-state index in [2.05, 4.69) is 20.8 Å². The summed E-state index contributed by atoms with van der Waals surface area (Å²) in [7, 11) is 0. The van der Waals surface area contributed by atoms with Crippen LogP contribution in [0.4, 0.5) is 4.39 Å². The molecule has 0 saturated heterocycles. The molecule has 2 aliphatic rings. The first-order chi connectivity index (χ1) is 12.2. The molecule has 1 fully saturated rings. The molecule has 1 aromatic heterocycles. The fourth-order valence-corrected chi connectivity index (χ4v) is 4.17. The summed E-state index contributed by atoms with van der Waals surface area (Å²) in [4.78, 5) is 12.7. The number of H-pyrrole nitrogens is 1. The van der Waals surface area contributed by atoms with Gasteiger partial charge in [-0.25, -0.2) is 4.39 Å². The molecule has 1 saturated carbocycles. The first kappa shape index (κ1) is 16.3. The van der Waals surface area contributed by atoms with E-state index in [9.17, 15) is 9.18 Å². The Labute approximate surface area is 146 Å². The van der Waals surface area contributed by atoms with Crippen molar-refractivity contribution in [1.29, 1.82) is 0 Å². The van der Waals surface area contributed by atoms with Crippen LogP contribution in [0.3, 0.4) is 0 Å². The Kier molecular flexibility index (Phi) is 4.29. The Morgan fingerprint density at radius 3 is 2.76 bits per heavy atom. The number of hydrogen-bond acceptors (Lipinski definition) is 3. The van der Waals surface area contributed by atoms with Gasteiger partial charge in [0.05, 0.1) is 0 Å². The first-order valence-corrected chi connectivity index (χ1v) is 8.99. The summed E-state index contributed by atoms with van der Waals surface area (Å²) in [6.07, 6.45) is 5.16. The maximum absolute atomic E-state index is 13.3. The highest BCUT2D eigenvalue weighted by molar-refractivity contribution is 5.94. The molecule has 2 aromatic rings. The summed E-state index contributed by atoms with van der Waals surface area (Å²) in [5.74, 6) is -0.355. The fourth-order valence-electron chi connectivity index (χ4n) is 4.17.